The molecule has 4 nitrogen and oxygen atoms in total. The van der Waals surface area contributed by atoms with Crippen LogP contribution in [0.1, 0.15) is 21.6 Å². The van der Waals surface area contributed by atoms with E-state index in [0.717, 1.165) is 5.69 Å². The summed E-state index contributed by atoms with van der Waals surface area (Å²) in [6.07, 6.45) is 1.93. The number of nitrogens with zero attached hydrogens (tertiary/aromatic N) is 1. The first kappa shape index (κ1) is 13.6. The number of carbonyl (C=O) groups excluding carboxylic acids is 1. The first-order valence-electron chi connectivity index (χ1n) is 7.03. The van der Waals surface area contributed by atoms with Crippen LogP contribution >= 0.6 is 0 Å². The summed E-state index contributed by atoms with van der Waals surface area (Å²) >= 11 is 0. The standard InChI is InChI=1S/C17H18NO3/c1-12-4-3-7-18(13(12)2)11-15(19)14-5-6-16-17(10-14)21-9-8-20-16/h3-7,10H,8-9,11H2,1-2H3/q+1. The highest BCUT2D eigenvalue weighted by Gasteiger charge is 2.19. The number of hydrogen-bond acceptors (Lipinski definition) is 3. The maximum Gasteiger partial charge on any atom is 0.227 e. The number of carbonyl (C=O) groups is 1. The molecule has 0 saturated heterocycles. The summed E-state index contributed by atoms with van der Waals surface area (Å²) in [5.74, 6) is 1.42. The Kier molecular flexibility index (Phi) is 3.60. The van der Waals surface area contributed by atoms with Gasteiger partial charge in [0.2, 0.25) is 12.3 Å². The summed E-state index contributed by atoms with van der Waals surface area (Å²) in [7, 11) is 0. The van der Waals surface area contributed by atoms with Crippen molar-refractivity contribution in [3.63, 3.8) is 0 Å². The van der Waals surface area contributed by atoms with Crippen LogP contribution in [0, 0.1) is 13.8 Å². The zero-order valence-electron chi connectivity index (χ0n) is 12.3. The first-order valence-corrected chi connectivity index (χ1v) is 7.03. The molecule has 2 aromatic rings. The van der Waals surface area contributed by atoms with Crippen LogP contribution in [-0.2, 0) is 6.54 Å². The maximum absolute atomic E-state index is 12.4. The molecule has 0 aliphatic carbocycles. The molecule has 1 aliphatic rings. The number of ketones is 1. The van der Waals surface area contributed by atoms with Crippen LogP contribution in [-0.4, -0.2) is 19.0 Å². The Morgan fingerprint density at radius 1 is 1.14 bits per heavy atom. The molecule has 3 rings (SSSR count). The monoisotopic (exact) mass is 284 g/mol. The summed E-state index contributed by atoms with van der Waals surface area (Å²) in [4.78, 5) is 12.4. The van der Waals surface area contributed by atoms with Gasteiger partial charge in [0, 0.05) is 24.1 Å². The van der Waals surface area contributed by atoms with Crippen LogP contribution in [0.25, 0.3) is 0 Å². The molecule has 2 heterocycles. The van der Waals surface area contributed by atoms with E-state index >= 15 is 0 Å². The second-order valence-corrected chi connectivity index (χ2v) is 5.19. The molecule has 0 saturated carbocycles. The fourth-order valence-electron chi connectivity index (χ4n) is 2.38. The van der Waals surface area contributed by atoms with Crippen molar-refractivity contribution >= 4 is 5.78 Å². The van der Waals surface area contributed by atoms with Crippen LogP contribution < -0.4 is 14.0 Å². The van der Waals surface area contributed by atoms with E-state index in [1.165, 1.54) is 5.56 Å². The lowest BCUT2D eigenvalue weighted by Crippen LogP contribution is -2.41. The number of rotatable bonds is 3. The number of aromatic nitrogens is 1. The molecule has 0 atom stereocenters. The van der Waals surface area contributed by atoms with Crippen molar-refractivity contribution in [2.45, 2.75) is 20.4 Å². The minimum atomic E-state index is 0.0608. The van der Waals surface area contributed by atoms with Gasteiger partial charge in [-0.2, -0.15) is 4.57 Å². The Morgan fingerprint density at radius 2 is 1.90 bits per heavy atom. The minimum absolute atomic E-state index is 0.0608. The fraction of sp³-hybridized carbons (Fsp3) is 0.294. The SMILES string of the molecule is Cc1ccc[n+](CC(=O)c2ccc3c(c2)OCCO3)c1C. The number of benzene rings is 1. The summed E-state index contributed by atoms with van der Waals surface area (Å²) in [5.41, 5.74) is 2.92. The first-order chi connectivity index (χ1) is 10.1. The van der Waals surface area contributed by atoms with Crippen LogP contribution in [0.3, 0.4) is 0 Å². The molecule has 1 aromatic heterocycles. The van der Waals surface area contributed by atoms with E-state index in [-0.39, 0.29) is 5.78 Å². The highest BCUT2D eigenvalue weighted by molar-refractivity contribution is 5.95. The van der Waals surface area contributed by atoms with Crippen LogP contribution in [0.5, 0.6) is 11.5 Å². The molecule has 1 aromatic carbocycles. The molecule has 0 bridgehead atoms. The second kappa shape index (κ2) is 5.56. The molecule has 0 fully saturated rings. The lowest BCUT2D eigenvalue weighted by molar-refractivity contribution is -0.689. The second-order valence-electron chi connectivity index (χ2n) is 5.19. The third-order valence-corrected chi connectivity index (χ3v) is 3.79. The predicted octanol–water partition coefficient (Wildman–Crippen LogP) is 2.25. The smallest absolute Gasteiger partial charge is 0.227 e. The van der Waals surface area contributed by atoms with Crippen LogP contribution in [0.2, 0.25) is 0 Å². The molecule has 21 heavy (non-hydrogen) atoms. The zero-order valence-corrected chi connectivity index (χ0v) is 12.3. The van der Waals surface area contributed by atoms with Crippen LogP contribution in [0.15, 0.2) is 36.5 Å². The van der Waals surface area contributed by atoms with Gasteiger partial charge >= 0.3 is 0 Å². The van der Waals surface area contributed by atoms with Gasteiger partial charge in [-0.15, -0.1) is 0 Å². The van der Waals surface area contributed by atoms with Gasteiger partial charge in [0.1, 0.15) is 13.2 Å². The summed E-state index contributed by atoms with van der Waals surface area (Å²) < 4.78 is 13.0. The lowest BCUT2D eigenvalue weighted by Gasteiger charge is -2.18. The number of aryl methyl sites for hydroxylation is 1. The van der Waals surface area contributed by atoms with Gasteiger partial charge in [-0.25, -0.2) is 0 Å². The maximum atomic E-state index is 12.4. The van der Waals surface area contributed by atoms with E-state index in [1.54, 1.807) is 18.2 Å². The Hall–Kier alpha value is -2.36. The number of Topliss-reactive ketones (excluding diaryl/α,β-unsaturated/α-hetero) is 1. The van der Waals surface area contributed by atoms with Gasteiger partial charge in [0.05, 0.1) is 0 Å². The molecule has 0 unspecified atom stereocenters. The predicted molar refractivity (Wildman–Crippen MR) is 77.9 cm³/mol. The molecule has 4 heteroatoms. The summed E-state index contributed by atoms with van der Waals surface area (Å²) in [6.45, 7) is 5.47. The molecule has 0 amide bonds. The molecular formula is C17H18NO3+. The quantitative estimate of drug-likeness (QED) is 0.641. The van der Waals surface area contributed by atoms with Crippen molar-refractivity contribution in [3.05, 3.63) is 53.3 Å². The molecule has 0 N–H and O–H groups in total. The lowest BCUT2D eigenvalue weighted by atomic mass is 10.1. The number of hydrogen-bond donors (Lipinski definition) is 0. The van der Waals surface area contributed by atoms with Crippen molar-refractivity contribution in [2.24, 2.45) is 0 Å². The average Bonchev–Trinajstić information content (AvgIpc) is 2.51. The van der Waals surface area contributed by atoms with Gasteiger partial charge in [-0.1, -0.05) is 0 Å². The van der Waals surface area contributed by atoms with Crippen molar-refractivity contribution in [1.29, 1.82) is 0 Å². The van der Waals surface area contributed by atoms with Crippen LogP contribution in [0.4, 0.5) is 0 Å². The molecule has 108 valence electrons. The number of fused-ring (bicyclic) bond motifs is 1. The van der Waals surface area contributed by atoms with Gasteiger partial charge in [0.15, 0.2) is 23.4 Å². The molecule has 0 spiro atoms. The zero-order chi connectivity index (χ0) is 14.8. The summed E-state index contributed by atoms with van der Waals surface area (Å²) in [6, 6.07) is 9.36. The highest BCUT2D eigenvalue weighted by Crippen LogP contribution is 2.30. The average molecular weight is 284 g/mol. The highest BCUT2D eigenvalue weighted by atomic mass is 16.6. The molecular weight excluding hydrogens is 266 g/mol. The van der Waals surface area contributed by atoms with E-state index < -0.39 is 0 Å². The topological polar surface area (TPSA) is 39.4 Å². The van der Waals surface area contributed by atoms with Crippen molar-refractivity contribution in [3.8, 4) is 11.5 Å². The summed E-state index contributed by atoms with van der Waals surface area (Å²) in [5, 5.41) is 0. The Bertz CT molecular complexity index is 694. The Balaban J connectivity index is 1.84. The van der Waals surface area contributed by atoms with E-state index in [4.69, 9.17) is 9.47 Å². The number of ether oxygens (including phenoxy) is 2. The van der Waals surface area contributed by atoms with Gasteiger partial charge in [0.25, 0.3) is 0 Å². The van der Waals surface area contributed by atoms with Crippen molar-refractivity contribution < 1.29 is 18.8 Å². The largest absolute Gasteiger partial charge is 0.486 e. The fourth-order valence-corrected chi connectivity index (χ4v) is 2.38. The minimum Gasteiger partial charge on any atom is -0.486 e. The van der Waals surface area contributed by atoms with E-state index in [2.05, 4.69) is 0 Å². The van der Waals surface area contributed by atoms with Crippen molar-refractivity contribution in [1.82, 2.24) is 0 Å². The van der Waals surface area contributed by atoms with Gasteiger partial charge in [-0.05, 0) is 31.2 Å². The molecule has 1 aliphatic heterocycles. The Morgan fingerprint density at radius 3 is 2.71 bits per heavy atom. The van der Waals surface area contributed by atoms with E-state index in [0.29, 0.717) is 36.8 Å². The van der Waals surface area contributed by atoms with Crippen molar-refractivity contribution in [2.75, 3.05) is 13.2 Å². The van der Waals surface area contributed by atoms with Gasteiger partial charge in [-0.3, -0.25) is 4.79 Å². The van der Waals surface area contributed by atoms with E-state index in [1.807, 2.05) is 36.7 Å². The third kappa shape index (κ3) is 2.75. The normalized spacial score (nSPS) is 13.0. The third-order valence-electron chi connectivity index (χ3n) is 3.79. The van der Waals surface area contributed by atoms with E-state index in [9.17, 15) is 4.79 Å². The Labute approximate surface area is 123 Å². The van der Waals surface area contributed by atoms with Gasteiger partial charge < -0.3 is 9.47 Å². The molecule has 0 radical (unpaired) electrons. The number of pyridine rings is 1.